The van der Waals surface area contributed by atoms with E-state index in [1.165, 1.54) is 0 Å². The lowest BCUT2D eigenvalue weighted by Gasteiger charge is -2.32. The van der Waals surface area contributed by atoms with Crippen LogP contribution in [0.3, 0.4) is 0 Å². The lowest BCUT2D eigenvalue weighted by atomic mass is 10.0. The Morgan fingerprint density at radius 3 is 2.80 bits per heavy atom. The molecule has 5 nitrogen and oxygen atoms in total. The van der Waals surface area contributed by atoms with E-state index in [1.54, 1.807) is 7.11 Å². The Labute approximate surface area is 128 Å². The number of methoxy groups -OCH3 is 1. The zero-order valence-corrected chi connectivity index (χ0v) is 13.7. The highest BCUT2D eigenvalue weighted by atomic mass is 79.9. The van der Waals surface area contributed by atoms with Gasteiger partial charge in [0.25, 0.3) is 0 Å². The maximum atomic E-state index is 12.1. The van der Waals surface area contributed by atoms with Crippen LogP contribution in [-0.4, -0.2) is 46.9 Å². The molecule has 1 aromatic rings. The third kappa shape index (κ3) is 4.06. The summed E-state index contributed by atoms with van der Waals surface area (Å²) >= 11 is 3.41. The molecular weight excluding hydrogens is 322 g/mol. The van der Waals surface area contributed by atoms with Crippen molar-refractivity contribution >= 4 is 21.8 Å². The number of carbonyl (C=O) groups excluding carboxylic acids is 1. The number of nitrogens with zero attached hydrogens (tertiary/aromatic N) is 3. The smallest absolute Gasteiger partial charge is 0.222 e. The van der Waals surface area contributed by atoms with Crippen LogP contribution in [0.4, 0.5) is 0 Å². The molecule has 20 heavy (non-hydrogen) atoms. The number of piperidine rings is 1. The maximum absolute atomic E-state index is 12.1. The highest BCUT2D eigenvalue weighted by Crippen LogP contribution is 2.23. The lowest BCUT2D eigenvalue weighted by molar-refractivity contribution is -0.133. The third-order valence-corrected chi connectivity index (χ3v) is 4.34. The molecule has 2 rings (SSSR count). The van der Waals surface area contributed by atoms with Crippen molar-refractivity contribution < 1.29 is 9.53 Å². The molecule has 1 aliphatic heterocycles. The summed E-state index contributed by atoms with van der Waals surface area (Å²) in [6.07, 6.45) is 7.28. The molecule has 0 aromatic carbocycles. The van der Waals surface area contributed by atoms with Gasteiger partial charge in [0.15, 0.2) is 0 Å². The van der Waals surface area contributed by atoms with Gasteiger partial charge in [-0.3, -0.25) is 9.48 Å². The average Bonchev–Trinajstić information content (AvgIpc) is 2.91. The Balaban J connectivity index is 1.77. The second kappa shape index (κ2) is 7.22. The van der Waals surface area contributed by atoms with E-state index in [9.17, 15) is 4.79 Å². The first-order valence-electron chi connectivity index (χ1n) is 7.10. The monoisotopic (exact) mass is 343 g/mol. The summed E-state index contributed by atoms with van der Waals surface area (Å²) in [5, 5.41) is 4.33. The number of rotatable bonds is 5. The van der Waals surface area contributed by atoms with Crippen molar-refractivity contribution in [1.29, 1.82) is 0 Å². The minimum Gasteiger partial charge on any atom is -0.382 e. The van der Waals surface area contributed by atoms with Gasteiger partial charge in [0.2, 0.25) is 5.91 Å². The van der Waals surface area contributed by atoms with Gasteiger partial charge in [-0.15, -0.1) is 0 Å². The van der Waals surface area contributed by atoms with E-state index >= 15 is 0 Å². The largest absolute Gasteiger partial charge is 0.382 e. The average molecular weight is 344 g/mol. The second-order valence-electron chi connectivity index (χ2n) is 5.34. The first-order chi connectivity index (χ1) is 9.60. The zero-order chi connectivity index (χ0) is 14.5. The van der Waals surface area contributed by atoms with Crippen LogP contribution in [0.25, 0.3) is 0 Å². The fourth-order valence-corrected chi connectivity index (χ4v) is 2.80. The number of likely N-dealkylation sites (tertiary alicyclic amines) is 1. The standard InChI is InChI=1S/C14H22BrN3O2/c1-11(20-2)3-4-14(19)17-7-5-13(6-8-17)18-10-12(15)9-16-18/h9-11,13H,3-8H2,1-2H3/t11-/m1/s1. The van der Waals surface area contributed by atoms with E-state index in [0.717, 1.165) is 36.8 Å². The van der Waals surface area contributed by atoms with Crippen LogP contribution in [0, 0.1) is 0 Å². The molecule has 0 unspecified atom stereocenters. The quantitative estimate of drug-likeness (QED) is 0.825. The third-order valence-electron chi connectivity index (χ3n) is 3.93. The van der Waals surface area contributed by atoms with E-state index in [2.05, 4.69) is 21.0 Å². The van der Waals surface area contributed by atoms with Crippen LogP contribution in [-0.2, 0) is 9.53 Å². The molecule has 0 bridgehead atoms. The maximum Gasteiger partial charge on any atom is 0.222 e. The van der Waals surface area contributed by atoms with Crippen molar-refractivity contribution in [3.63, 3.8) is 0 Å². The van der Waals surface area contributed by atoms with Gasteiger partial charge >= 0.3 is 0 Å². The first kappa shape index (κ1) is 15.5. The number of amides is 1. The summed E-state index contributed by atoms with van der Waals surface area (Å²) in [7, 11) is 1.68. The van der Waals surface area contributed by atoms with Gasteiger partial charge < -0.3 is 9.64 Å². The molecule has 0 aliphatic carbocycles. The molecule has 2 heterocycles. The minimum absolute atomic E-state index is 0.151. The van der Waals surface area contributed by atoms with Crippen LogP contribution >= 0.6 is 15.9 Å². The topological polar surface area (TPSA) is 47.4 Å². The predicted molar refractivity (Wildman–Crippen MR) is 80.5 cm³/mol. The van der Waals surface area contributed by atoms with Gasteiger partial charge in [0.05, 0.1) is 22.8 Å². The van der Waals surface area contributed by atoms with Gasteiger partial charge in [-0.05, 0) is 42.1 Å². The highest BCUT2D eigenvalue weighted by Gasteiger charge is 2.24. The Morgan fingerprint density at radius 2 is 2.25 bits per heavy atom. The van der Waals surface area contributed by atoms with E-state index in [4.69, 9.17) is 4.74 Å². The van der Waals surface area contributed by atoms with Gasteiger partial charge in [0.1, 0.15) is 0 Å². The number of hydrogen-bond donors (Lipinski definition) is 0. The molecule has 1 aliphatic rings. The fraction of sp³-hybridized carbons (Fsp3) is 0.714. The Kier molecular flexibility index (Phi) is 5.60. The van der Waals surface area contributed by atoms with Crippen molar-refractivity contribution in [2.24, 2.45) is 0 Å². The fourth-order valence-electron chi connectivity index (χ4n) is 2.50. The molecule has 0 radical (unpaired) electrons. The Morgan fingerprint density at radius 1 is 1.55 bits per heavy atom. The van der Waals surface area contributed by atoms with E-state index in [0.29, 0.717) is 12.5 Å². The van der Waals surface area contributed by atoms with Gasteiger partial charge in [0, 0.05) is 32.8 Å². The van der Waals surface area contributed by atoms with Crippen LogP contribution in [0.15, 0.2) is 16.9 Å². The van der Waals surface area contributed by atoms with Crippen LogP contribution < -0.4 is 0 Å². The number of hydrogen-bond acceptors (Lipinski definition) is 3. The number of halogens is 1. The van der Waals surface area contributed by atoms with Crippen LogP contribution in [0.1, 0.15) is 38.6 Å². The van der Waals surface area contributed by atoms with Gasteiger partial charge in [-0.2, -0.15) is 5.10 Å². The number of carbonyl (C=O) groups is 1. The van der Waals surface area contributed by atoms with Crippen molar-refractivity contribution in [2.45, 2.75) is 44.8 Å². The van der Waals surface area contributed by atoms with E-state index in [-0.39, 0.29) is 12.0 Å². The summed E-state index contributed by atoms with van der Waals surface area (Å²) < 4.78 is 8.18. The van der Waals surface area contributed by atoms with Crippen molar-refractivity contribution in [1.82, 2.24) is 14.7 Å². The number of aromatic nitrogens is 2. The Hall–Kier alpha value is -0.880. The molecular formula is C14H22BrN3O2. The first-order valence-corrected chi connectivity index (χ1v) is 7.89. The molecule has 1 atom stereocenters. The Bertz CT molecular complexity index is 441. The molecule has 1 fully saturated rings. The predicted octanol–water partition coefficient (Wildman–Crippen LogP) is 2.62. The number of ether oxygens (including phenoxy) is 1. The summed E-state index contributed by atoms with van der Waals surface area (Å²) in [6, 6.07) is 0.406. The SMILES string of the molecule is CO[C@H](C)CCC(=O)N1CCC(n2cc(Br)cn2)CC1. The lowest BCUT2D eigenvalue weighted by Crippen LogP contribution is -2.39. The zero-order valence-electron chi connectivity index (χ0n) is 12.1. The molecule has 6 heteroatoms. The molecule has 1 amide bonds. The van der Waals surface area contributed by atoms with Crippen molar-refractivity contribution in [3.05, 3.63) is 16.9 Å². The second-order valence-corrected chi connectivity index (χ2v) is 6.25. The van der Waals surface area contributed by atoms with E-state index < -0.39 is 0 Å². The highest BCUT2D eigenvalue weighted by molar-refractivity contribution is 9.10. The molecule has 112 valence electrons. The molecule has 0 N–H and O–H groups in total. The normalized spacial score (nSPS) is 18.2. The van der Waals surface area contributed by atoms with E-state index in [1.807, 2.05) is 28.9 Å². The summed E-state index contributed by atoms with van der Waals surface area (Å²) in [4.78, 5) is 14.1. The summed E-state index contributed by atoms with van der Waals surface area (Å²) in [5.41, 5.74) is 0. The minimum atomic E-state index is 0.151. The molecule has 0 saturated carbocycles. The van der Waals surface area contributed by atoms with Crippen molar-refractivity contribution in [2.75, 3.05) is 20.2 Å². The molecule has 0 spiro atoms. The van der Waals surface area contributed by atoms with Crippen molar-refractivity contribution in [3.8, 4) is 0 Å². The summed E-state index contributed by atoms with van der Waals surface area (Å²) in [5.74, 6) is 0.244. The van der Waals surface area contributed by atoms with Crippen LogP contribution in [0.2, 0.25) is 0 Å². The molecule has 1 saturated heterocycles. The summed E-state index contributed by atoms with van der Waals surface area (Å²) in [6.45, 7) is 3.64. The van der Waals surface area contributed by atoms with Gasteiger partial charge in [-0.25, -0.2) is 0 Å². The molecule has 1 aromatic heterocycles. The van der Waals surface area contributed by atoms with Crippen LogP contribution in [0.5, 0.6) is 0 Å². The van der Waals surface area contributed by atoms with Gasteiger partial charge in [-0.1, -0.05) is 0 Å².